The molecule has 2 aromatic rings. The van der Waals surface area contributed by atoms with Crippen LogP contribution in [0.4, 0.5) is 5.69 Å². The lowest BCUT2D eigenvalue weighted by Crippen LogP contribution is -2.21. The Morgan fingerprint density at radius 3 is 2.33 bits per heavy atom. The molecule has 0 saturated carbocycles. The zero-order valence-corrected chi connectivity index (χ0v) is 14.5. The van der Waals surface area contributed by atoms with Crippen LogP contribution in [0.25, 0.3) is 0 Å². The third-order valence-corrected chi connectivity index (χ3v) is 4.60. The molecule has 0 aliphatic heterocycles. The third-order valence-electron chi connectivity index (χ3n) is 3.41. The molecule has 0 aliphatic carbocycles. The SMILES string of the molecule is Cc1cc(C)c(NC(=O)CS(=O)Cc2ccc(C(=O)O)o2)c(C)c1. The van der Waals surface area contributed by atoms with E-state index in [-0.39, 0.29) is 28.9 Å². The molecule has 7 heteroatoms. The quantitative estimate of drug-likeness (QED) is 0.836. The van der Waals surface area contributed by atoms with Gasteiger partial charge in [-0.05, 0) is 44.0 Å². The summed E-state index contributed by atoms with van der Waals surface area (Å²) in [7, 11) is -1.49. The van der Waals surface area contributed by atoms with Gasteiger partial charge in [0.25, 0.3) is 0 Å². The van der Waals surface area contributed by atoms with Crippen molar-refractivity contribution in [3.05, 3.63) is 52.5 Å². The van der Waals surface area contributed by atoms with Crippen LogP contribution in [0.2, 0.25) is 0 Å². The number of furan rings is 1. The topological polar surface area (TPSA) is 96.6 Å². The number of rotatable bonds is 6. The van der Waals surface area contributed by atoms with Gasteiger partial charge in [0.1, 0.15) is 11.5 Å². The molecule has 24 heavy (non-hydrogen) atoms. The number of carbonyl (C=O) groups is 2. The van der Waals surface area contributed by atoms with Gasteiger partial charge in [0.15, 0.2) is 0 Å². The fourth-order valence-electron chi connectivity index (χ4n) is 2.48. The number of carboxylic acids is 1. The Morgan fingerprint density at radius 2 is 1.79 bits per heavy atom. The Kier molecular flexibility index (Phi) is 5.56. The van der Waals surface area contributed by atoms with E-state index in [0.29, 0.717) is 0 Å². The van der Waals surface area contributed by atoms with Gasteiger partial charge in [-0.25, -0.2) is 4.79 Å². The van der Waals surface area contributed by atoms with Gasteiger partial charge in [0, 0.05) is 16.5 Å². The molecule has 1 aromatic heterocycles. The number of hydrogen-bond donors (Lipinski definition) is 2. The monoisotopic (exact) mass is 349 g/mol. The lowest BCUT2D eigenvalue weighted by atomic mass is 10.1. The largest absolute Gasteiger partial charge is 0.475 e. The highest BCUT2D eigenvalue weighted by atomic mass is 32.2. The van der Waals surface area contributed by atoms with Crippen molar-refractivity contribution in [1.82, 2.24) is 0 Å². The normalized spacial score (nSPS) is 12.0. The fourth-order valence-corrected chi connectivity index (χ4v) is 3.42. The molecule has 0 radical (unpaired) electrons. The summed E-state index contributed by atoms with van der Waals surface area (Å²) in [4.78, 5) is 22.8. The number of benzene rings is 1. The summed E-state index contributed by atoms with van der Waals surface area (Å²) < 4.78 is 17.1. The summed E-state index contributed by atoms with van der Waals surface area (Å²) >= 11 is 0. The molecule has 1 unspecified atom stereocenters. The summed E-state index contributed by atoms with van der Waals surface area (Å²) in [5.74, 6) is -1.66. The lowest BCUT2D eigenvalue weighted by Gasteiger charge is -2.12. The first-order valence-corrected chi connectivity index (χ1v) is 8.79. The van der Waals surface area contributed by atoms with E-state index in [1.165, 1.54) is 12.1 Å². The summed E-state index contributed by atoms with van der Waals surface area (Å²) in [6, 6.07) is 6.69. The van der Waals surface area contributed by atoms with Crippen LogP contribution in [0.1, 0.15) is 33.0 Å². The maximum absolute atomic E-state index is 12.1. The summed E-state index contributed by atoms with van der Waals surface area (Å²) in [5.41, 5.74) is 3.74. The van der Waals surface area contributed by atoms with Crippen LogP contribution in [0.5, 0.6) is 0 Å². The summed E-state index contributed by atoms with van der Waals surface area (Å²) in [5, 5.41) is 11.6. The molecular weight excluding hydrogens is 330 g/mol. The van der Waals surface area contributed by atoms with Crippen LogP contribution in [0.15, 0.2) is 28.7 Å². The van der Waals surface area contributed by atoms with E-state index in [4.69, 9.17) is 9.52 Å². The fraction of sp³-hybridized carbons (Fsp3) is 0.294. The molecule has 1 atom stereocenters. The first-order chi connectivity index (χ1) is 11.3. The average molecular weight is 349 g/mol. The van der Waals surface area contributed by atoms with Gasteiger partial charge < -0.3 is 14.8 Å². The minimum Gasteiger partial charge on any atom is -0.475 e. The van der Waals surface area contributed by atoms with Crippen LogP contribution in [-0.2, 0) is 21.3 Å². The van der Waals surface area contributed by atoms with Crippen LogP contribution < -0.4 is 5.32 Å². The minimum absolute atomic E-state index is 0.00738. The number of amides is 1. The number of hydrogen-bond acceptors (Lipinski definition) is 4. The molecule has 0 aliphatic rings. The molecule has 0 bridgehead atoms. The van der Waals surface area contributed by atoms with Gasteiger partial charge in [0.2, 0.25) is 11.7 Å². The average Bonchev–Trinajstić information content (AvgIpc) is 2.91. The van der Waals surface area contributed by atoms with Crippen LogP contribution >= 0.6 is 0 Å². The second-order valence-electron chi connectivity index (χ2n) is 5.62. The Labute approximate surface area is 142 Å². The van der Waals surface area contributed by atoms with E-state index in [9.17, 15) is 13.8 Å². The zero-order chi connectivity index (χ0) is 17.9. The molecule has 2 rings (SSSR count). The second-order valence-corrected chi connectivity index (χ2v) is 7.08. The molecule has 0 fully saturated rings. The molecule has 0 saturated heterocycles. The van der Waals surface area contributed by atoms with Gasteiger partial charge in [-0.1, -0.05) is 17.7 Å². The highest BCUT2D eigenvalue weighted by Gasteiger charge is 2.15. The molecule has 1 amide bonds. The lowest BCUT2D eigenvalue weighted by molar-refractivity contribution is -0.113. The molecule has 1 aromatic carbocycles. The Hall–Kier alpha value is -2.41. The van der Waals surface area contributed by atoms with E-state index in [1.54, 1.807) is 0 Å². The second kappa shape index (κ2) is 7.44. The number of carbonyl (C=O) groups excluding carboxylic acids is 1. The Balaban J connectivity index is 1.97. The standard InChI is InChI=1S/C17H19NO5S/c1-10-6-11(2)16(12(3)7-10)18-15(19)9-24(22)8-13-4-5-14(23-13)17(20)21/h4-7H,8-9H2,1-3H3,(H,18,19)(H,20,21). The van der Waals surface area contributed by atoms with Crippen molar-refractivity contribution in [3.8, 4) is 0 Å². The van der Waals surface area contributed by atoms with Gasteiger partial charge >= 0.3 is 5.97 Å². The van der Waals surface area contributed by atoms with E-state index in [0.717, 1.165) is 22.4 Å². The van der Waals surface area contributed by atoms with Crippen LogP contribution in [0, 0.1) is 20.8 Å². The Morgan fingerprint density at radius 1 is 1.17 bits per heavy atom. The number of carboxylic acid groups (broad SMARTS) is 1. The predicted octanol–water partition coefficient (Wildman–Crippen LogP) is 2.79. The molecular formula is C17H19NO5S. The van der Waals surface area contributed by atoms with Crippen molar-refractivity contribution >= 4 is 28.4 Å². The summed E-state index contributed by atoms with van der Waals surface area (Å²) in [6.45, 7) is 5.79. The van der Waals surface area contributed by atoms with E-state index < -0.39 is 16.8 Å². The Bertz CT molecular complexity index is 786. The van der Waals surface area contributed by atoms with Crippen LogP contribution in [0.3, 0.4) is 0 Å². The van der Waals surface area contributed by atoms with E-state index >= 15 is 0 Å². The van der Waals surface area contributed by atoms with Crippen molar-refractivity contribution in [2.75, 3.05) is 11.1 Å². The third kappa shape index (κ3) is 4.55. The first kappa shape index (κ1) is 17.9. The van der Waals surface area contributed by atoms with Gasteiger partial charge in [0.05, 0.1) is 5.75 Å². The zero-order valence-electron chi connectivity index (χ0n) is 13.7. The van der Waals surface area contributed by atoms with Gasteiger partial charge in [-0.3, -0.25) is 9.00 Å². The van der Waals surface area contributed by atoms with Crippen molar-refractivity contribution in [2.24, 2.45) is 0 Å². The van der Waals surface area contributed by atoms with Gasteiger partial charge in [-0.2, -0.15) is 0 Å². The van der Waals surface area contributed by atoms with Crippen molar-refractivity contribution in [3.63, 3.8) is 0 Å². The number of anilines is 1. The molecule has 1 heterocycles. The number of aryl methyl sites for hydroxylation is 3. The molecule has 6 nitrogen and oxygen atoms in total. The molecule has 2 N–H and O–H groups in total. The number of aromatic carboxylic acids is 1. The summed E-state index contributed by atoms with van der Waals surface area (Å²) in [6.07, 6.45) is 0. The van der Waals surface area contributed by atoms with E-state index in [2.05, 4.69) is 5.32 Å². The molecule has 0 spiro atoms. The maximum atomic E-state index is 12.1. The van der Waals surface area contributed by atoms with E-state index in [1.807, 2.05) is 32.9 Å². The predicted molar refractivity (Wildman–Crippen MR) is 91.7 cm³/mol. The van der Waals surface area contributed by atoms with Gasteiger partial charge in [-0.15, -0.1) is 0 Å². The van der Waals surface area contributed by atoms with Crippen LogP contribution in [-0.4, -0.2) is 26.9 Å². The highest BCUT2D eigenvalue weighted by molar-refractivity contribution is 7.84. The van der Waals surface area contributed by atoms with Crippen molar-refractivity contribution < 1.29 is 23.3 Å². The first-order valence-electron chi connectivity index (χ1n) is 7.31. The highest BCUT2D eigenvalue weighted by Crippen LogP contribution is 2.22. The maximum Gasteiger partial charge on any atom is 0.371 e. The molecule has 128 valence electrons. The minimum atomic E-state index is -1.49. The van der Waals surface area contributed by atoms with Crippen molar-refractivity contribution in [1.29, 1.82) is 0 Å². The van der Waals surface area contributed by atoms with Crippen molar-refractivity contribution in [2.45, 2.75) is 26.5 Å². The number of nitrogens with one attached hydrogen (secondary N) is 1. The smallest absolute Gasteiger partial charge is 0.371 e.